The molecule has 0 rings (SSSR count). The molecule has 0 fully saturated rings. The first-order chi connectivity index (χ1) is 7.34. The number of thiol groups is 1. The van der Waals surface area contributed by atoms with E-state index in [0.29, 0.717) is 6.42 Å². The summed E-state index contributed by atoms with van der Waals surface area (Å²) in [5.41, 5.74) is 0. The maximum absolute atomic E-state index is 10.3. The average molecular weight is 264 g/mol. The van der Waals surface area contributed by atoms with E-state index >= 15 is 0 Å². The fraction of sp³-hybridized carbons (Fsp3) is 0.778. The SMILES string of the molecule is CC(C#N)C(C)C#N.CCCS(=O)(=O)OS. The minimum Gasteiger partial charge on any atom is -0.201 e. The van der Waals surface area contributed by atoms with E-state index in [-0.39, 0.29) is 17.6 Å². The lowest BCUT2D eigenvalue weighted by Crippen LogP contribution is -2.03. The van der Waals surface area contributed by atoms with Gasteiger partial charge in [0.25, 0.3) is 10.1 Å². The van der Waals surface area contributed by atoms with Gasteiger partial charge in [-0.15, -0.1) is 0 Å². The van der Waals surface area contributed by atoms with Crippen LogP contribution in [0.4, 0.5) is 0 Å². The van der Waals surface area contributed by atoms with Crippen LogP contribution in [0.1, 0.15) is 27.2 Å². The first-order valence-corrected chi connectivity index (χ1v) is 6.63. The Kier molecular flexibility index (Phi) is 10.4. The lowest BCUT2D eigenvalue weighted by molar-refractivity contribution is 0.520. The third-order valence-electron chi connectivity index (χ3n) is 1.72. The predicted octanol–water partition coefficient (Wildman–Crippen LogP) is 1.89. The van der Waals surface area contributed by atoms with Gasteiger partial charge in [0.1, 0.15) is 0 Å². The normalized spacial score (nSPS) is 13.6. The zero-order valence-corrected chi connectivity index (χ0v) is 11.3. The molecule has 7 heteroatoms. The van der Waals surface area contributed by atoms with E-state index < -0.39 is 10.1 Å². The second-order valence-corrected chi connectivity index (χ2v) is 5.29. The molecule has 5 nitrogen and oxygen atoms in total. The Morgan fingerprint density at radius 1 is 1.25 bits per heavy atom. The van der Waals surface area contributed by atoms with Crippen LogP contribution in [0.25, 0.3) is 0 Å². The van der Waals surface area contributed by atoms with Crippen LogP contribution in [0, 0.1) is 34.5 Å². The van der Waals surface area contributed by atoms with Gasteiger partial charge in [0.05, 0.1) is 29.7 Å². The Bertz CT molecular complexity index is 336. The van der Waals surface area contributed by atoms with Gasteiger partial charge in [0.2, 0.25) is 0 Å². The molecular weight excluding hydrogens is 248 g/mol. The van der Waals surface area contributed by atoms with E-state index in [9.17, 15) is 8.42 Å². The van der Waals surface area contributed by atoms with E-state index in [1.165, 1.54) is 0 Å². The van der Waals surface area contributed by atoms with Gasteiger partial charge in [-0.3, -0.25) is 0 Å². The third kappa shape index (κ3) is 9.78. The minimum atomic E-state index is -3.31. The molecule has 2 atom stereocenters. The van der Waals surface area contributed by atoms with Gasteiger partial charge in [-0.2, -0.15) is 18.9 Å². The smallest absolute Gasteiger partial charge is 0.201 e. The largest absolute Gasteiger partial charge is 0.277 e. The molecule has 0 spiro atoms. The van der Waals surface area contributed by atoms with Crippen molar-refractivity contribution in [3.05, 3.63) is 0 Å². The maximum atomic E-state index is 10.3. The van der Waals surface area contributed by atoms with E-state index in [0.717, 1.165) is 0 Å². The second-order valence-electron chi connectivity index (χ2n) is 3.17. The molecule has 0 aromatic carbocycles. The van der Waals surface area contributed by atoms with Crippen LogP contribution in [0.5, 0.6) is 0 Å². The first kappa shape index (κ1) is 17.6. The van der Waals surface area contributed by atoms with Crippen molar-refractivity contribution in [2.24, 2.45) is 11.8 Å². The van der Waals surface area contributed by atoms with Crippen LogP contribution in [0.15, 0.2) is 0 Å². The van der Waals surface area contributed by atoms with Crippen molar-refractivity contribution in [2.45, 2.75) is 27.2 Å². The highest BCUT2D eigenvalue weighted by Crippen LogP contribution is 2.06. The van der Waals surface area contributed by atoms with Crippen LogP contribution in [-0.2, 0) is 13.7 Å². The van der Waals surface area contributed by atoms with E-state index in [2.05, 4.69) is 16.5 Å². The summed E-state index contributed by atoms with van der Waals surface area (Å²) in [5, 5.41) is 16.5. The van der Waals surface area contributed by atoms with Gasteiger partial charge in [-0.05, 0) is 33.2 Å². The lowest BCUT2D eigenvalue weighted by atomic mass is 10.00. The molecule has 0 aliphatic heterocycles. The van der Waals surface area contributed by atoms with Crippen molar-refractivity contribution in [1.82, 2.24) is 0 Å². The fourth-order valence-electron chi connectivity index (χ4n) is 0.511. The number of hydrogen-bond acceptors (Lipinski definition) is 6. The van der Waals surface area contributed by atoms with E-state index in [1.807, 2.05) is 12.1 Å². The standard InChI is InChI=1S/C6H8N2.C3H8O3S2/c1-5(3-7)6(2)4-8;1-2-3-8(4,5)6-7/h5-6H,1-2H3;7H,2-3H2,1H3. The fourth-order valence-corrected chi connectivity index (χ4v) is 1.31. The van der Waals surface area contributed by atoms with Crippen molar-refractivity contribution in [1.29, 1.82) is 10.5 Å². The Morgan fingerprint density at radius 3 is 1.75 bits per heavy atom. The summed E-state index contributed by atoms with van der Waals surface area (Å²) in [6.07, 6.45) is 0.558. The van der Waals surface area contributed by atoms with Gasteiger partial charge in [0, 0.05) is 0 Å². The molecule has 0 aromatic rings. The van der Waals surface area contributed by atoms with Crippen molar-refractivity contribution in [2.75, 3.05) is 5.75 Å². The molecular formula is C9H16N2O3S2. The van der Waals surface area contributed by atoms with Crippen molar-refractivity contribution < 1.29 is 12.0 Å². The topological polar surface area (TPSA) is 91.0 Å². The summed E-state index contributed by atoms with van der Waals surface area (Å²) in [6, 6.07) is 3.99. The third-order valence-corrected chi connectivity index (χ3v) is 3.54. The van der Waals surface area contributed by atoms with E-state index in [1.54, 1.807) is 20.8 Å². The molecule has 0 heterocycles. The minimum absolute atomic E-state index is 0.0382. The maximum Gasteiger partial charge on any atom is 0.277 e. The van der Waals surface area contributed by atoms with Gasteiger partial charge >= 0.3 is 0 Å². The molecule has 0 saturated carbocycles. The molecule has 0 saturated heterocycles. The summed E-state index contributed by atoms with van der Waals surface area (Å²) in [5.74, 6) is -0.240. The van der Waals surface area contributed by atoms with Crippen molar-refractivity contribution in [3.63, 3.8) is 0 Å². The number of nitriles is 2. The molecule has 2 unspecified atom stereocenters. The van der Waals surface area contributed by atoms with E-state index in [4.69, 9.17) is 10.5 Å². The van der Waals surface area contributed by atoms with Gasteiger partial charge < -0.3 is 0 Å². The van der Waals surface area contributed by atoms with Crippen LogP contribution >= 0.6 is 12.9 Å². The zero-order chi connectivity index (χ0) is 13.2. The Hall–Kier alpha value is -0.760. The molecule has 0 radical (unpaired) electrons. The monoisotopic (exact) mass is 264 g/mol. The van der Waals surface area contributed by atoms with Crippen LogP contribution < -0.4 is 0 Å². The molecule has 16 heavy (non-hydrogen) atoms. The second kappa shape index (κ2) is 9.46. The molecule has 0 bridgehead atoms. The van der Waals surface area contributed by atoms with Gasteiger partial charge in [0.15, 0.2) is 0 Å². The van der Waals surface area contributed by atoms with Crippen LogP contribution in [0.2, 0.25) is 0 Å². The molecule has 0 aliphatic rings. The Morgan fingerprint density at radius 2 is 1.62 bits per heavy atom. The first-order valence-electron chi connectivity index (χ1n) is 4.69. The Balaban J connectivity index is 0. The molecule has 0 aromatic heterocycles. The highest BCUT2D eigenvalue weighted by Gasteiger charge is 2.07. The molecule has 0 N–H and O–H groups in total. The molecule has 0 amide bonds. The quantitative estimate of drug-likeness (QED) is 0.618. The predicted molar refractivity (Wildman–Crippen MR) is 63.7 cm³/mol. The van der Waals surface area contributed by atoms with Gasteiger partial charge in [-0.1, -0.05) is 6.92 Å². The lowest BCUT2D eigenvalue weighted by Gasteiger charge is -1.99. The highest BCUT2D eigenvalue weighted by molar-refractivity contribution is 7.95. The highest BCUT2D eigenvalue weighted by atomic mass is 32.3. The van der Waals surface area contributed by atoms with Crippen LogP contribution in [0.3, 0.4) is 0 Å². The van der Waals surface area contributed by atoms with Crippen molar-refractivity contribution >= 4 is 23.0 Å². The average Bonchev–Trinajstić information content (AvgIpc) is 2.27. The van der Waals surface area contributed by atoms with Crippen molar-refractivity contribution in [3.8, 4) is 12.1 Å². The molecule has 0 aliphatic carbocycles. The molecule has 92 valence electrons. The number of nitrogens with zero attached hydrogens (tertiary/aromatic N) is 2. The Labute approximate surface area is 103 Å². The summed E-state index contributed by atoms with van der Waals surface area (Å²) < 4.78 is 24.4. The van der Waals surface area contributed by atoms with Gasteiger partial charge in [-0.25, -0.2) is 3.63 Å². The van der Waals surface area contributed by atoms with Crippen LogP contribution in [-0.4, -0.2) is 14.2 Å². The summed E-state index contributed by atoms with van der Waals surface area (Å²) in [7, 11) is -3.31. The number of hydrogen-bond donors (Lipinski definition) is 1. The zero-order valence-electron chi connectivity index (χ0n) is 9.54. The summed E-state index contributed by atoms with van der Waals surface area (Å²) in [6.45, 7) is 5.24. The summed E-state index contributed by atoms with van der Waals surface area (Å²) in [4.78, 5) is 0. The summed E-state index contributed by atoms with van der Waals surface area (Å²) >= 11 is 3.15. The number of rotatable bonds is 4.